The lowest BCUT2D eigenvalue weighted by atomic mass is 10.2. The van der Waals surface area contributed by atoms with Crippen molar-refractivity contribution in [2.45, 2.75) is 32.9 Å². The fourth-order valence-electron chi connectivity index (χ4n) is 1.20. The van der Waals surface area contributed by atoms with Gasteiger partial charge in [0.15, 0.2) is 0 Å². The van der Waals surface area contributed by atoms with E-state index in [4.69, 9.17) is 10.5 Å². The number of amides is 1. The second kappa shape index (κ2) is 7.29. The van der Waals surface area contributed by atoms with Crippen LogP contribution in [0.2, 0.25) is 0 Å². The molecule has 1 aromatic rings. The van der Waals surface area contributed by atoms with E-state index in [0.717, 1.165) is 9.75 Å². The molecule has 0 aliphatic carbocycles. The van der Waals surface area contributed by atoms with Crippen LogP contribution in [0.25, 0.3) is 0 Å². The minimum atomic E-state index is -0.300. The number of hydrogen-bond donors (Lipinski definition) is 2. The summed E-state index contributed by atoms with van der Waals surface area (Å²) >= 11 is 1.55. The minimum absolute atomic E-state index is 0.0781. The van der Waals surface area contributed by atoms with Gasteiger partial charge in [0.25, 0.3) is 0 Å². The molecule has 0 aliphatic heterocycles. The van der Waals surface area contributed by atoms with Gasteiger partial charge in [0.2, 0.25) is 5.91 Å². The number of nitrogens with two attached hydrogens (primary N) is 1. The number of rotatable bonds is 4. The zero-order valence-electron chi connectivity index (χ0n) is 11.6. The van der Waals surface area contributed by atoms with Crippen molar-refractivity contribution in [3.05, 3.63) is 21.9 Å². The topological polar surface area (TPSA) is 64.3 Å². The van der Waals surface area contributed by atoms with Crippen LogP contribution >= 0.6 is 11.3 Å². The fraction of sp³-hybridized carbons (Fsp3) is 0.500. The van der Waals surface area contributed by atoms with E-state index in [2.05, 4.69) is 17.2 Å². The molecule has 0 fully saturated rings. The zero-order valence-corrected chi connectivity index (χ0v) is 12.4. The molecule has 3 N–H and O–H groups in total. The summed E-state index contributed by atoms with van der Waals surface area (Å²) in [6.07, 6.45) is 0. The van der Waals surface area contributed by atoms with E-state index in [1.54, 1.807) is 11.3 Å². The molecule has 104 valence electrons. The Kier molecular flexibility index (Phi) is 6.03. The summed E-state index contributed by atoms with van der Waals surface area (Å²) in [7, 11) is 0. The van der Waals surface area contributed by atoms with Crippen molar-refractivity contribution < 1.29 is 9.53 Å². The average Bonchev–Trinajstić information content (AvgIpc) is 2.78. The van der Waals surface area contributed by atoms with Crippen LogP contribution < -0.4 is 11.1 Å². The smallest absolute Gasteiger partial charge is 0.246 e. The number of ether oxygens (including phenoxy) is 1. The lowest BCUT2D eigenvalue weighted by Gasteiger charge is -2.18. The third kappa shape index (κ3) is 6.97. The van der Waals surface area contributed by atoms with Gasteiger partial charge in [-0.2, -0.15) is 0 Å². The van der Waals surface area contributed by atoms with Gasteiger partial charge in [-0.25, -0.2) is 0 Å². The van der Waals surface area contributed by atoms with Gasteiger partial charge < -0.3 is 15.8 Å². The van der Waals surface area contributed by atoms with Crippen LogP contribution in [-0.4, -0.2) is 24.7 Å². The third-order valence-electron chi connectivity index (χ3n) is 2.07. The van der Waals surface area contributed by atoms with E-state index in [0.29, 0.717) is 13.1 Å². The second-order valence-corrected chi connectivity index (χ2v) is 6.12. The van der Waals surface area contributed by atoms with Crippen LogP contribution in [-0.2, 0) is 16.1 Å². The molecule has 19 heavy (non-hydrogen) atoms. The summed E-state index contributed by atoms with van der Waals surface area (Å²) in [5.74, 6) is 5.65. The molecular weight excluding hydrogens is 260 g/mol. The molecule has 0 unspecified atom stereocenters. The summed E-state index contributed by atoms with van der Waals surface area (Å²) in [6.45, 7) is 6.69. The normalized spacial score (nSPS) is 10.7. The van der Waals surface area contributed by atoms with Crippen molar-refractivity contribution in [2.75, 3.05) is 13.2 Å². The summed E-state index contributed by atoms with van der Waals surface area (Å²) < 4.78 is 5.39. The number of carbonyl (C=O) groups excluding carboxylic acids is 1. The van der Waals surface area contributed by atoms with Gasteiger partial charge >= 0.3 is 0 Å². The lowest BCUT2D eigenvalue weighted by Crippen LogP contribution is -2.31. The van der Waals surface area contributed by atoms with E-state index >= 15 is 0 Å². The molecule has 1 amide bonds. The monoisotopic (exact) mass is 280 g/mol. The zero-order chi connectivity index (χ0) is 14.3. The first-order valence-electron chi connectivity index (χ1n) is 6.09. The molecule has 0 radical (unpaired) electrons. The van der Waals surface area contributed by atoms with Crippen LogP contribution in [0.4, 0.5) is 0 Å². The van der Waals surface area contributed by atoms with E-state index in [-0.39, 0.29) is 18.1 Å². The Bertz CT molecular complexity index is 478. The van der Waals surface area contributed by atoms with Gasteiger partial charge in [-0.15, -0.1) is 11.3 Å². The van der Waals surface area contributed by atoms with E-state index in [1.165, 1.54) is 0 Å². The van der Waals surface area contributed by atoms with Gasteiger partial charge in [-0.1, -0.05) is 11.8 Å². The van der Waals surface area contributed by atoms with Crippen molar-refractivity contribution in [2.24, 2.45) is 5.73 Å². The van der Waals surface area contributed by atoms with Crippen molar-refractivity contribution in [3.63, 3.8) is 0 Å². The van der Waals surface area contributed by atoms with E-state index in [1.807, 2.05) is 32.9 Å². The molecule has 0 bridgehead atoms. The molecule has 0 saturated carbocycles. The molecule has 0 atom stereocenters. The Balaban J connectivity index is 2.36. The Hall–Kier alpha value is -1.35. The van der Waals surface area contributed by atoms with Crippen LogP contribution in [0.15, 0.2) is 12.1 Å². The lowest BCUT2D eigenvalue weighted by molar-refractivity contribution is -0.130. The molecule has 1 rings (SSSR count). The maximum absolute atomic E-state index is 11.6. The number of thiophene rings is 1. The highest BCUT2D eigenvalue weighted by molar-refractivity contribution is 7.12. The first-order chi connectivity index (χ1) is 8.90. The van der Waals surface area contributed by atoms with Crippen LogP contribution in [0.1, 0.15) is 30.5 Å². The van der Waals surface area contributed by atoms with E-state index in [9.17, 15) is 4.79 Å². The standard InChI is InChI=1S/C14H20N2O2S/c1-14(2,3)18-10-13(17)16-9-12-7-6-11(19-12)5-4-8-15/h6-7H,8-10,15H2,1-3H3,(H,16,17). The first-order valence-corrected chi connectivity index (χ1v) is 6.90. The second-order valence-electron chi connectivity index (χ2n) is 4.95. The molecule has 1 heterocycles. The van der Waals surface area contributed by atoms with Gasteiger partial charge in [0.05, 0.1) is 23.6 Å². The third-order valence-corrected chi connectivity index (χ3v) is 3.07. The SMILES string of the molecule is CC(C)(C)OCC(=O)NCc1ccc(C#CCN)s1. The van der Waals surface area contributed by atoms with Crippen LogP contribution in [0.5, 0.6) is 0 Å². The first kappa shape index (κ1) is 15.7. The van der Waals surface area contributed by atoms with Gasteiger partial charge in [-0.3, -0.25) is 4.79 Å². The van der Waals surface area contributed by atoms with E-state index < -0.39 is 0 Å². The Morgan fingerprint density at radius 1 is 1.47 bits per heavy atom. The molecule has 0 spiro atoms. The van der Waals surface area contributed by atoms with Crippen LogP contribution in [0.3, 0.4) is 0 Å². The summed E-state index contributed by atoms with van der Waals surface area (Å²) in [4.78, 5) is 13.6. The molecule has 5 heteroatoms. The quantitative estimate of drug-likeness (QED) is 0.821. The molecule has 0 aliphatic rings. The highest BCUT2D eigenvalue weighted by atomic mass is 32.1. The maximum atomic E-state index is 11.6. The largest absolute Gasteiger partial charge is 0.366 e. The van der Waals surface area contributed by atoms with Crippen LogP contribution in [0, 0.1) is 11.8 Å². The Labute approximate surface area is 118 Å². The highest BCUT2D eigenvalue weighted by Crippen LogP contribution is 2.15. The summed E-state index contributed by atoms with van der Waals surface area (Å²) in [5, 5.41) is 2.81. The average molecular weight is 280 g/mol. The predicted molar refractivity (Wildman–Crippen MR) is 77.8 cm³/mol. The summed E-state index contributed by atoms with van der Waals surface area (Å²) in [6, 6.07) is 3.89. The Morgan fingerprint density at radius 2 is 2.21 bits per heavy atom. The van der Waals surface area contributed by atoms with Gasteiger partial charge in [0.1, 0.15) is 6.61 Å². The fourth-order valence-corrected chi connectivity index (χ4v) is 2.02. The molecule has 0 aromatic carbocycles. The molecule has 0 saturated heterocycles. The highest BCUT2D eigenvalue weighted by Gasteiger charge is 2.12. The Morgan fingerprint density at radius 3 is 2.84 bits per heavy atom. The number of carbonyl (C=O) groups is 1. The maximum Gasteiger partial charge on any atom is 0.246 e. The van der Waals surface area contributed by atoms with Crippen molar-refractivity contribution in [1.82, 2.24) is 5.32 Å². The summed E-state index contributed by atoms with van der Waals surface area (Å²) in [5.41, 5.74) is 5.01. The van der Waals surface area contributed by atoms with Gasteiger partial charge in [0, 0.05) is 4.88 Å². The number of nitrogens with one attached hydrogen (secondary N) is 1. The minimum Gasteiger partial charge on any atom is -0.366 e. The molecule has 1 aromatic heterocycles. The van der Waals surface area contributed by atoms with Crippen molar-refractivity contribution >= 4 is 17.2 Å². The number of hydrogen-bond acceptors (Lipinski definition) is 4. The van der Waals surface area contributed by atoms with Crippen molar-refractivity contribution in [1.29, 1.82) is 0 Å². The van der Waals surface area contributed by atoms with Gasteiger partial charge in [-0.05, 0) is 32.9 Å². The molecular formula is C14H20N2O2S. The van der Waals surface area contributed by atoms with Crippen molar-refractivity contribution in [3.8, 4) is 11.8 Å². The predicted octanol–water partition coefficient (Wildman–Crippen LogP) is 1.49. The molecule has 4 nitrogen and oxygen atoms in total.